The number of halogens is 2. The first-order valence-electron chi connectivity index (χ1n) is 13.8. The standard InChI is InChI=1S/C29H33F2N7O2S/c1-20-2-3-23(14-22(20)18-36-8-5-32-6-9-36)34-29-33-17-21-4-7-38(28(21)35-29)24-15-26(30)25(27(31)16-24)19-37-10-12-41(39,40)13-11-37/h2-4,7,14-17,32H,5-6,8-13,18-19H2,1H3,(H,33,34,35). The Morgan fingerprint density at radius 2 is 1.66 bits per heavy atom. The molecule has 2 aromatic carbocycles. The lowest BCUT2D eigenvalue weighted by atomic mass is 10.1. The largest absolute Gasteiger partial charge is 0.324 e. The molecule has 0 unspecified atom stereocenters. The van der Waals surface area contributed by atoms with Gasteiger partial charge in [0, 0.05) is 81.4 Å². The van der Waals surface area contributed by atoms with Gasteiger partial charge in [-0.25, -0.2) is 22.2 Å². The minimum atomic E-state index is -3.07. The second-order valence-corrected chi connectivity index (χ2v) is 13.1. The van der Waals surface area contributed by atoms with E-state index in [4.69, 9.17) is 0 Å². The quantitative estimate of drug-likeness (QED) is 0.343. The molecule has 6 rings (SSSR count). The molecule has 0 amide bonds. The molecule has 0 saturated carbocycles. The molecule has 0 bridgehead atoms. The van der Waals surface area contributed by atoms with E-state index >= 15 is 8.78 Å². The zero-order chi connectivity index (χ0) is 28.6. The van der Waals surface area contributed by atoms with Crippen LogP contribution in [0.2, 0.25) is 0 Å². The minimum absolute atomic E-state index is 0.000187. The van der Waals surface area contributed by atoms with Gasteiger partial charge in [0.15, 0.2) is 9.84 Å². The Hall–Kier alpha value is -3.45. The smallest absolute Gasteiger partial charge is 0.229 e. The Morgan fingerprint density at radius 3 is 2.39 bits per heavy atom. The third-order valence-electron chi connectivity index (χ3n) is 7.86. The number of nitrogens with zero attached hydrogens (tertiary/aromatic N) is 5. The van der Waals surface area contributed by atoms with Gasteiger partial charge < -0.3 is 15.2 Å². The van der Waals surface area contributed by atoms with Gasteiger partial charge in [-0.2, -0.15) is 4.98 Å². The summed E-state index contributed by atoms with van der Waals surface area (Å²) in [5.74, 6) is -0.981. The summed E-state index contributed by atoms with van der Waals surface area (Å²) in [6.45, 7) is 7.53. The van der Waals surface area contributed by atoms with Crippen LogP contribution in [-0.2, 0) is 22.9 Å². The van der Waals surface area contributed by atoms with Gasteiger partial charge in [0.25, 0.3) is 0 Å². The van der Waals surface area contributed by atoms with Crippen molar-refractivity contribution in [1.29, 1.82) is 0 Å². The van der Waals surface area contributed by atoms with Crippen LogP contribution < -0.4 is 10.6 Å². The summed E-state index contributed by atoms with van der Waals surface area (Å²) in [6.07, 6.45) is 3.40. The van der Waals surface area contributed by atoms with Crippen LogP contribution >= 0.6 is 0 Å². The monoisotopic (exact) mass is 581 g/mol. The molecule has 12 heteroatoms. The molecule has 41 heavy (non-hydrogen) atoms. The van der Waals surface area contributed by atoms with Gasteiger partial charge in [-0.05, 0) is 48.4 Å². The van der Waals surface area contributed by atoms with E-state index in [1.54, 1.807) is 27.9 Å². The number of aryl methyl sites for hydroxylation is 1. The molecular formula is C29H33F2N7O2S. The fourth-order valence-electron chi connectivity index (χ4n) is 5.36. The first kappa shape index (κ1) is 27.7. The predicted molar refractivity (Wildman–Crippen MR) is 155 cm³/mol. The van der Waals surface area contributed by atoms with Gasteiger partial charge in [-0.1, -0.05) is 6.07 Å². The van der Waals surface area contributed by atoms with Crippen LogP contribution in [0.5, 0.6) is 0 Å². The third kappa shape index (κ3) is 6.25. The van der Waals surface area contributed by atoms with Crippen LogP contribution in [0.25, 0.3) is 16.7 Å². The maximum absolute atomic E-state index is 15.2. The summed E-state index contributed by atoms with van der Waals surface area (Å²) >= 11 is 0. The Labute approximate surface area is 238 Å². The summed E-state index contributed by atoms with van der Waals surface area (Å²) in [5, 5.41) is 7.41. The van der Waals surface area contributed by atoms with Gasteiger partial charge in [0.1, 0.15) is 17.3 Å². The molecule has 2 fully saturated rings. The number of anilines is 2. The van der Waals surface area contributed by atoms with Gasteiger partial charge in [0.05, 0.1) is 17.2 Å². The highest BCUT2D eigenvalue weighted by Gasteiger charge is 2.24. The molecule has 4 aromatic rings. The van der Waals surface area contributed by atoms with Crippen LogP contribution in [0.1, 0.15) is 16.7 Å². The maximum Gasteiger partial charge on any atom is 0.229 e. The van der Waals surface area contributed by atoms with E-state index in [9.17, 15) is 8.42 Å². The summed E-state index contributed by atoms with van der Waals surface area (Å²) < 4.78 is 55.4. The summed E-state index contributed by atoms with van der Waals surface area (Å²) in [4.78, 5) is 13.3. The topological polar surface area (TPSA) is 95.4 Å². The molecule has 4 heterocycles. The van der Waals surface area contributed by atoms with Crippen LogP contribution in [0.15, 0.2) is 48.8 Å². The molecule has 2 aliphatic rings. The lowest BCUT2D eigenvalue weighted by Gasteiger charge is -2.28. The molecule has 9 nitrogen and oxygen atoms in total. The first-order valence-corrected chi connectivity index (χ1v) is 15.6. The summed E-state index contributed by atoms with van der Waals surface area (Å²) in [6, 6.07) is 10.6. The van der Waals surface area contributed by atoms with Crippen LogP contribution in [0.4, 0.5) is 20.4 Å². The highest BCUT2D eigenvalue weighted by molar-refractivity contribution is 7.91. The third-order valence-corrected chi connectivity index (χ3v) is 9.47. The number of nitrogens with one attached hydrogen (secondary N) is 2. The molecule has 0 radical (unpaired) electrons. The molecule has 216 valence electrons. The van der Waals surface area contributed by atoms with E-state index in [2.05, 4.69) is 44.6 Å². The summed E-state index contributed by atoms with van der Waals surface area (Å²) in [5.41, 5.74) is 4.07. The van der Waals surface area contributed by atoms with Crippen molar-refractivity contribution in [2.45, 2.75) is 20.0 Å². The average Bonchev–Trinajstić information content (AvgIpc) is 3.37. The summed E-state index contributed by atoms with van der Waals surface area (Å²) in [7, 11) is -3.07. The van der Waals surface area contributed by atoms with Crippen molar-refractivity contribution in [3.8, 4) is 5.69 Å². The zero-order valence-corrected chi connectivity index (χ0v) is 23.7. The Bertz CT molecular complexity index is 1650. The normalized spacial score (nSPS) is 18.1. The number of hydrogen-bond donors (Lipinski definition) is 2. The van der Waals surface area contributed by atoms with Crippen molar-refractivity contribution in [2.24, 2.45) is 0 Å². The van der Waals surface area contributed by atoms with E-state index in [-0.39, 0.29) is 36.7 Å². The maximum atomic E-state index is 15.2. The predicted octanol–water partition coefficient (Wildman–Crippen LogP) is 3.39. The van der Waals surface area contributed by atoms with Crippen LogP contribution in [0.3, 0.4) is 0 Å². The van der Waals surface area contributed by atoms with Crippen LogP contribution in [0, 0.1) is 18.6 Å². The van der Waals surface area contributed by atoms with Crippen molar-refractivity contribution >= 4 is 32.5 Å². The number of hydrogen-bond acceptors (Lipinski definition) is 8. The van der Waals surface area contributed by atoms with Gasteiger partial charge in [0.2, 0.25) is 5.95 Å². The van der Waals surface area contributed by atoms with Crippen molar-refractivity contribution in [1.82, 2.24) is 29.7 Å². The number of aromatic nitrogens is 3. The molecule has 2 aromatic heterocycles. The van der Waals surface area contributed by atoms with Crippen molar-refractivity contribution in [3.63, 3.8) is 0 Å². The van der Waals surface area contributed by atoms with Crippen molar-refractivity contribution < 1.29 is 17.2 Å². The number of sulfone groups is 1. The molecule has 0 aliphatic carbocycles. The Morgan fingerprint density at radius 1 is 0.951 bits per heavy atom. The second-order valence-electron chi connectivity index (χ2n) is 10.8. The first-order chi connectivity index (χ1) is 19.7. The number of fused-ring (bicyclic) bond motifs is 1. The van der Waals surface area contributed by atoms with Gasteiger partial charge in [-0.15, -0.1) is 0 Å². The Balaban J connectivity index is 1.22. The molecule has 2 N–H and O–H groups in total. The minimum Gasteiger partial charge on any atom is -0.324 e. The van der Waals surface area contributed by atoms with Gasteiger partial charge in [-0.3, -0.25) is 9.80 Å². The fourth-order valence-corrected chi connectivity index (χ4v) is 6.63. The lowest BCUT2D eigenvalue weighted by Crippen LogP contribution is -2.43. The number of benzene rings is 2. The second kappa shape index (κ2) is 11.4. The molecular weight excluding hydrogens is 548 g/mol. The van der Waals surface area contributed by atoms with Crippen LogP contribution in [-0.4, -0.2) is 83.5 Å². The lowest BCUT2D eigenvalue weighted by molar-refractivity contribution is 0.233. The highest BCUT2D eigenvalue weighted by Crippen LogP contribution is 2.26. The van der Waals surface area contributed by atoms with E-state index in [1.165, 1.54) is 23.3 Å². The molecule has 0 spiro atoms. The van der Waals surface area contributed by atoms with E-state index in [1.807, 2.05) is 6.07 Å². The van der Waals surface area contributed by atoms with Crippen molar-refractivity contribution in [3.05, 3.63) is 77.1 Å². The number of rotatable bonds is 7. The van der Waals surface area contributed by atoms with Gasteiger partial charge >= 0.3 is 0 Å². The Kier molecular flexibility index (Phi) is 7.73. The SMILES string of the molecule is Cc1ccc(Nc2ncc3ccn(-c4cc(F)c(CN5CCS(=O)(=O)CC5)c(F)c4)c3n2)cc1CN1CCNCC1. The zero-order valence-electron chi connectivity index (χ0n) is 22.9. The average molecular weight is 582 g/mol. The molecule has 0 atom stereocenters. The van der Waals surface area contributed by atoms with E-state index in [0.29, 0.717) is 17.3 Å². The molecule has 2 saturated heterocycles. The van der Waals surface area contributed by atoms with E-state index in [0.717, 1.165) is 43.8 Å². The molecule has 2 aliphatic heterocycles. The fraction of sp³-hybridized carbons (Fsp3) is 0.379. The van der Waals surface area contributed by atoms with E-state index < -0.39 is 21.5 Å². The highest BCUT2D eigenvalue weighted by atomic mass is 32.2. The number of piperazine rings is 1. The van der Waals surface area contributed by atoms with Crippen molar-refractivity contribution in [2.75, 3.05) is 56.1 Å².